The topological polar surface area (TPSA) is 160 Å². The lowest BCUT2D eigenvalue weighted by Gasteiger charge is -2.46. The number of aromatic hydroxyl groups is 1. The van der Waals surface area contributed by atoms with Gasteiger partial charge in [-0.3, -0.25) is 29.4 Å². The van der Waals surface area contributed by atoms with E-state index >= 15 is 14.4 Å². The van der Waals surface area contributed by atoms with E-state index in [0.717, 1.165) is 73.8 Å². The molecule has 6 atom stereocenters. The Morgan fingerprint density at radius 2 is 1.45 bits per heavy atom. The highest BCUT2D eigenvalue weighted by Gasteiger charge is 2.76. The second kappa shape index (κ2) is 19.2. The highest BCUT2D eigenvalue weighted by Crippen LogP contribution is 2.66. The Morgan fingerprint density at radius 1 is 0.768 bits per heavy atom. The highest BCUT2D eigenvalue weighted by atomic mass is 16.6. The van der Waals surface area contributed by atoms with Crippen LogP contribution < -0.4 is 4.90 Å². The summed E-state index contributed by atoms with van der Waals surface area (Å²) < 4.78 is 12.6. The summed E-state index contributed by atoms with van der Waals surface area (Å²) in [5.41, 5.74) is 2.38. The van der Waals surface area contributed by atoms with Gasteiger partial charge in [-0.25, -0.2) is 9.69 Å². The van der Waals surface area contributed by atoms with Crippen molar-refractivity contribution in [2.45, 2.75) is 94.0 Å². The number of rotatable bonds is 7. The van der Waals surface area contributed by atoms with Gasteiger partial charge in [-0.2, -0.15) is 0 Å². The van der Waals surface area contributed by atoms with E-state index in [1.807, 2.05) is 65.6 Å². The minimum Gasteiger partial charge on any atom is -0.508 e. The van der Waals surface area contributed by atoms with Crippen LogP contribution in [-0.2, 0) is 35.9 Å². The number of cyclic esters (lactones) is 1. The molecule has 0 bridgehead atoms. The third kappa shape index (κ3) is 8.33. The van der Waals surface area contributed by atoms with E-state index in [-0.39, 0.29) is 23.7 Å². The van der Waals surface area contributed by atoms with E-state index in [9.17, 15) is 20.0 Å². The van der Waals surface area contributed by atoms with Crippen molar-refractivity contribution in [2.24, 2.45) is 5.92 Å². The number of benzene rings is 5. The number of esters is 1. The van der Waals surface area contributed by atoms with E-state index < -0.39 is 64.4 Å². The number of nitro groups is 1. The number of allylic oxidation sites excluding steroid dienone is 2. The first-order valence-corrected chi connectivity index (χ1v) is 23.9. The fraction of sp³-hybridized carbons (Fsp3) is 0.321. The molecule has 6 unspecified atom stereocenters. The monoisotopic (exact) mass is 924 g/mol. The molecular formula is C56H52N4O9. The van der Waals surface area contributed by atoms with E-state index in [4.69, 9.17) is 9.47 Å². The Labute approximate surface area is 400 Å². The molecule has 10 rings (SSSR count). The summed E-state index contributed by atoms with van der Waals surface area (Å²) in [5.74, 6) is 3.38. The van der Waals surface area contributed by atoms with Crippen molar-refractivity contribution in [1.29, 1.82) is 0 Å². The quantitative estimate of drug-likeness (QED) is 0.0721. The van der Waals surface area contributed by atoms with Crippen LogP contribution in [0.2, 0.25) is 0 Å². The number of nitrogens with zero attached hydrogens (tertiary/aromatic N) is 4. The predicted molar refractivity (Wildman–Crippen MR) is 256 cm³/mol. The summed E-state index contributed by atoms with van der Waals surface area (Å²) in [5, 5.41) is 22.2. The fourth-order valence-electron chi connectivity index (χ4n) is 11.3. The number of ether oxygens (including phenoxy) is 2. The fourth-order valence-corrected chi connectivity index (χ4v) is 11.3. The number of fused-ring (bicyclic) bond motifs is 3. The van der Waals surface area contributed by atoms with Gasteiger partial charge >= 0.3 is 12.1 Å². The number of phenolic OH excluding ortho intramolecular Hbond substituents is 1. The molecule has 0 aromatic heterocycles. The number of non-ortho nitro benzene ring substituents is 1. The Bertz CT molecular complexity index is 2870. The van der Waals surface area contributed by atoms with E-state index in [1.54, 1.807) is 35.2 Å². The first kappa shape index (κ1) is 45.2. The number of hydrogen-bond donors (Lipinski definition) is 1. The SMILES string of the molecule is O=C1OC(c2ccccc2)C(c2ccccc2)N2C1C(C(=O)N1CCCCCCC1)C1(C(=O)N(C(=O)OCc3ccc([N+](=O)[O-])cc3)c3ccc(C#CC4=CCCCC4)cc31)C2c1ccc(O)cc1. The van der Waals surface area contributed by atoms with Gasteiger partial charge in [-0.15, -0.1) is 0 Å². The van der Waals surface area contributed by atoms with Gasteiger partial charge < -0.3 is 19.5 Å². The summed E-state index contributed by atoms with van der Waals surface area (Å²) in [4.78, 5) is 78.8. The largest absolute Gasteiger partial charge is 0.508 e. The molecule has 5 aliphatic rings. The van der Waals surface area contributed by atoms with Gasteiger partial charge in [0.2, 0.25) is 11.8 Å². The minimum absolute atomic E-state index is 0.0281. The number of imide groups is 1. The summed E-state index contributed by atoms with van der Waals surface area (Å²) in [7, 11) is 0. The normalized spacial score (nSPS) is 24.5. The van der Waals surface area contributed by atoms with Gasteiger partial charge in [-0.05, 0) is 114 Å². The van der Waals surface area contributed by atoms with Crippen molar-refractivity contribution < 1.29 is 38.7 Å². The van der Waals surface area contributed by atoms with Crippen LogP contribution in [0.25, 0.3) is 0 Å². The Hall–Kier alpha value is -7.56. The first-order chi connectivity index (χ1) is 33.6. The van der Waals surface area contributed by atoms with Crippen LogP contribution in [-0.4, -0.2) is 62.8 Å². The van der Waals surface area contributed by atoms with Gasteiger partial charge in [0.1, 0.15) is 29.9 Å². The van der Waals surface area contributed by atoms with Crippen molar-refractivity contribution in [1.82, 2.24) is 9.80 Å². The Morgan fingerprint density at radius 3 is 2.12 bits per heavy atom. The third-order valence-electron chi connectivity index (χ3n) is 14.5. The van der Waals surface area contributed by atoms with Crippen molar-refractivity contribution in [3.63, 3.8) is 0 Å². The lowest BCUT2D eigenvalue weighted by atomic mass is 9.64. The number of likely N-dealkylation sites (tertiary alicyclic amines) is 1. The molecule has 0 radical (unpaired) electrons. The molecule has 4 aliphatic heterocycles. The highest BCUT2D eigenvalue weighted by molar-refractivity contribution is 6.23. The lowest BCUT2D eigenvalue weighted by molar-refractivity contribution is -0.384. The smallest absolute Gasteiger partial charge is 0.421 e. The first-order valence-electron chi connectivity index (χ1n) is 23.9. The summed E-state index contributed by atoms with van der Waals surface area (Å²) >= 11 is 0. The molecule has 4 heterocycles. The number of carbonyl (C=O) groups is 4. The maximum atomic E-state index is 16.6. The zero-order chi connectivity index (χ0) is 47.6. The second-order valence-corrected chi connectivity index (χ2v) is 18.5. The van der Waals surface area contributed by atoms with Crippen molar-refractivity contribution in [2.75, 3.05) is 18.0 Å². The van der Waals surface area contributed by atoms with Crippen LogP contribution >= 0.6 is 0 Å². The molecule has 1 aliphatic carbocycles. The van der Waals surface area contributed by atoms with Gasteiger partial charge in [0, 0.05) is 30.8 Å². The van der Waals surface area contributed by atoms with Gasteiger partial charge in [0.15, 0.2) is 0 Å². The minimum atomic E-state index is -2.00. The number of hydrogen-bond acceptors (Lipinski definition) is 10. The third-order valence-corrected chi connectivity index (χ3v) is 14.5. The van der Waals surface area contributed by atoms with E-state index in [2.05, 4.69) is 17.9 Å². The molecule has 1 N–H and O–H groups in total. The maximum Gasteiger partial charge on any atom is 0.421 e. The number of amides is 3. The van der Waals surface area contributed by atoms with E-state index in [0.29, 0.717) is 40.9 Å². The zero-order valence-corrected chi connectivity index (χ0v) is 38.1. The predicted octanol–water partition coefficient (Wildman–Crippen LogP) is 9.95. The van der Waals surface area contributed by atoms with Crippen molar-refractivity contribution in [3.8, 4) is 17.6 Å². The number of phenols is 1. The Kier molecular flexibility index (Phi) is 12.6. The second-order valence-electron chi connectivity index (χ2n) is 18.5. The Balaban J connectivity index is 1.23. The van der Waals surface area contributed by atoms with Crippen molar-refractivity contribution in [3.05, 3.63) is 183 Å². The van der Waals surface area contributed by atoms with Crippen molar-refractivity contribution >= 4 is 35.3 Å². The van der Waals surface area contributed by atoms with Crippen LogP contribution in [0.5, 0.6) is 5.75 Å². The molecule has 350 valence electrons. The summed E-state index contributed by atoms with van der Waals surface area (Å²) in [6.07, 6.45) is 8.41. The molecule has 5 aromatic carbocycles. The average Bonchev–Trinajstić information content (AvgIpc) is 3.82. The average molecular weight is 925 g/mol. The van der Waals surface area contributed by atoms with E-state index in [1.165, 1.54) is 36.4 Å². The molecular weight excluding hydrogens is 873 g/mol. The lowest BCUT2D eigenvalue weighted by Crippen LogP contribution is -2.56. The number of anilines is 1. The van der Waals surface area contributed by atoms with Gasteiger partial charge in [0.05, 0.1) is 28.6 Å². The standard InChI is InChI=1S/C56H52N4O9/c61-44-30-26-42(27-31-44)51-56(45-35-38(22-21-37-15-7-4-8-16-37)25-32-46(45)58(54(56)64)55(65)68-36-39-23-28-43(29-24-39)60(66)67)47(52(62)57-33-13-2-1-3-14-34-57)49-53(63)69-50(41-19-11-6-12-20-41)48(59(49)51)40-17-9-5-10-18-40/h5-6,9-12,15,17-20,23-32,35,47-51,61H,1-4,7-8,13-14,16,33-34,36H2. The van der Waals surface area contributed by atoms with Crippen LogP contribution in [0.4, 0.5) is 16.2 Å². The molecule has 13 nitrogen and oxygen atoms in total. The molecule has 3 saturated heterocycles. The molecule has 3 fully saturated rings. The summed E-state index contributed by atoms with van der Waals surface area (Å²) in [6, 6.07) is 33.0. The maximum absolute atomic E-state index is 16.6. The molecule has 13 heteroatoms. The van der Waals surface area contributed by atoms with Gasteiger partial charge in [-0.1, -0.05) is 110 Å². The molecule has 3 amide bonds. The molecule has 0 saturated carbocycles. The molecule has 5 aromatic rings. The number of nitro benzene ring substituents is 1. The van der Waals surface area contributed by atoms with Crippen LogP contribution in [0.3, 0.4) is 0 Å². The van der Waals surface area contributed by atoms with Crippen LogP contribution in [0.15, 0.2) is 139 Å². The number of morpholine rings is 1. The van der Waals surface area contributed by atoms with Gasteiger partial charge in [0.25, 0.3) is 5.69 Å². The molecule has 69 heavy (non-hydrogen) atoms. The zero-order valence-electron chi connectivity index (χ0n) is 38.1. The number of carbonyl (C=O) groups excluding carboxylic acids is 4. The molecule has 1 spiro atoms. The van der Waals surface area contributed by atoms with Crippen LogP contribution in [0, 0.1) is 27.9 Å². The summed E-state index contributed by atoms with van der Waals surface area (Å²) in [6.45, 7) is 0.498. The van der Waals surface area contributed by atoms with Crippen LogP contribution in [0.1, 0.15) is 109 Å².